The van der Waals surface area contributed by atoms with Crippen LogP contribution in [0, 0.1) is 6.92 Å². The molecule has 2 aromatic carbocycles. The van der Waals surface area contributed by atoms with Crippen LogP contribution in [0.2, 0.25) is 0 Å². The van der Waals surface area contributed by atoms with Crippen molar-refractivity contribution in [3.05, 3.63) is 65.2 Å². The lowest BCUT2D eigenvalue weighted by Gasteiger charge is -2.26. The summed E-state index contributed by atoms with van der Waals surface area (Å²) in [6.07, 6.45) is 3.29. The van der Waals surface area contributed by atoms with Gasteiger partial charge in [-0.15, -0.1) is 0 Å². The number of benzene rings is 2. The van der Waals surface area contributed by atoms with Gasteiger partial charge in [0, 0.05) is 29.9 Å². The van der Waals surface area contributed by atoms with Crippen LogP contribution in [-0.4, -0.2) is 34.9 Å². The summed E-state index contributed by atoms with van der Waals surface area (Å²) >= 11 is 5.24. The van der Waals surface area contributed by atoms with Crippen molar-refractivity contribution >= 4 is 34.8 Å². The molecule has 1 fully saturated rings. The van der Waals surface area contributed by atoms with Gasteiger partial charge in [0.25, 0.3) is 11.8 Å². The molecule has 0 aliphatic carbocycles. The van der Waals surface area contributed by atoms with Gasteiger partial charge in [0.2, 0.25) is 0 Å². The number of amides is 2. The summed E-state index contributed by atoms with van der Waals surface area (Å²) in [6, 6.07) is 14.5. The number of hydrogen-bond donors (Lipinski definition) is 2. The molecule has 2 N–H and O–H groups in total. The van der Waals surface area contributed by atoms with Crippen LogP contribution in [0.15, 0.2) is 48.5 Å². The van der Waals surface area contributed by atoms with E-state index in [0.717, 1.165) is 31.5 Å². The first kappa shape index (κ1) is 19.0. The first-order chi connectivity index (χ1) is 13.0. The van der Waals surface area contributed by atoms with Crippen LogP contribution in [0.4, 0.5) is 5.69 Å². The Morgan fingerprint density at radius 3 is 2.41 bits per heavy atom. The third kappa shape index (κ3) is 5.14. The van der Waals surface area contributed by atoms with E-state index in [1.54, 1.807) is 24.3 Å². The molecule has 27 heavy (non-hydrogen) atoms. The Morgan fingerprint density at radius 1 is 0.963 bits per heavy atom. The molecule has 0 atom stereocenters. The molecule has 1 aliphatic rings. The fourth-order valence-corrected chi connectivity index (χ4v) is 3.34. The van der Waals surface area contributed by atoms with E-state index in [9.17, 15) is 9.59 Å². The van der Waals surface area contributed by atoms with E-state index in [1.807, 2.05) is 36.1 Å². The predicted molar refractivity (Wildman–Crippen MR) is 111 cm³/mol. The van der Waals surface area contributed by atoms with Crippen LogP contribution >= 0.6 is 12.2 Å². The van der Waals surface area contributed by atoms with E-state index >= 15 is 0 Å². The maximum Gasteiger partial charge on any atom is 0.257 e. The molecule has 0 aromatic heterocycles. The van der Waals surface area contributed by atoms with Crippen molar-refractivity contribution in [3.8, 4) is 0 Å². The van der Waals surface area contributed by atoms with Crippen molar-refractivity contribution in [1.29, 1.82) is 0 Å². The highest BCUT2D eigenvalue weighted by Crippen LogP contribution is 2.16. The van der Waals surface area contributed by atoms with E-state index in [-0.39, 0.29) is 16.9 Å². The first-order valence-electron chi connectivity index (χ1n) is 9.11. The highest BCUT2D eigenvalue weighted by molar-refractivity contribution is 7.80. The maximum atomic E-state index is 12.6. The Bertz CT molecular complexity index is 860. The SMILES string of the molecule is Cc1cccc(C(=O)NC(=S)Nc2cccc(C(=O)N3CCCCC3)c2)c1. The molecule has 0 spiro atoms. The smallest absolute Gasteiger partial charge is 0.257 e. The van der Waals surface area contributed by atoms with Crippen molar-refractivity contribution in [2.45, 2.75) is 26.2 Å². The highest BCUT2D eigenvalue weighted by Gasteiger charge is 2.18. The summed E-state index contributed by atoms with van der Waals surface area (Å²) in [5.41, 5.74) is 2.85. The van der Waals surface area contributed by atoms with Gasteiger partial charge in [0.05, 0.1) is 0 Å². The average molecular weight is 382 g/mol. The minimum Gasteiger partial charge on any atom is -0.339 e. The van der Waals surface area contributed by atoms with Gasteiger partial charge < -0.3 is 10.2 Å². The molecule has 3 rings (SSSR count). The Morgan fingerprint density at radius 2 is 1.67 bits per heavy atom. The molecule has 1 heterocycles. The second-order valence-corrected chi connectivity index (χ2v) is 7.12. The Hall–Kier alpha value is -2.73. The van der Waals surface area contributed by atoms with Gasteiger partial charge >= 0.3 is 0 Å². The number of rotatable bonds is 3. The second kappa shape index (κ2) is 8.77. The summed E-state index contributed by atoms with van der Waals surface area (Å²) in [7, 11) is 0. The molecule has 1 saturated heterocycles. The Labute approximate surface area is 164 Å². The lowest BCUT2D eigenvalue weighted by atomic mass is 10.1. The number of carbonyl (C=O) groups is 2. The summed E-state index contributed by atoms with van der Waals surface area (Å²) in [4.78, 5) is 26.8. The van der Waals surface area contributed by atoms with Gasteiger partial charge in [0.1, 0.15) is 0 Å². The summed E-state index contributed by atoms with van der Waals surface area (Å²) in [6.45, 7) is 3.54. The Balaban J connectivity index is 1.62. The van der Waals surface area contributed by atoms with Gasteiger partial charge in [-0.3, -0.25) is 14.9 Å². The number of piperidine rings is 1. The van der Waals surface area contributed by atoms with Crippen LogP contribution in [-0.2, 0) is 0 Å². The van der Waals surface area contributed by atoms with Crippen molar-refractivity contribution in [3.63, 3.8) is 0 Å². The van der Waals surface area contributed by atoms with E-state index < -0.39 is 0 Å². The van der Waals surface area contributed by atoms with Crippen molar-refractivity contribution in [1.82, 2.24) is 10.2 Å². The third-order valence-electron chi connectivity index (χ3n) is 4.52. The van der Waals surface area contributed by atoms with Gasteiger partial charge in [-0.2, -0.15) is 0 Å². The fourth-order valence-electron chi connectivity index (χ4n) is 3.13. The zero-order valence-corrected chi connectivity index (χ0v) is 16.1. The summed E-state index contributed by atoms with van der Waals surface area (Å²) < 4.78 is 0. The third-order valence-corrected chi connectivity index (χ3v) is 4.72. The summed E-state index contributed by atoms with van der Waals surface area (Å²) in [5, 5.41) is 5.85. The van der Waals surface area contributed by atoms with E-state index in [0.29, 0.717) is 16.8 Å². The molecule has 0 saturated carbocycles. The molecule has 0 bridgehead atoms. The molecule has 2 amide bonds. The van der Waals surface area contributed by atoms with Crippen molar-refractivity contribution in [2.24, 2.45) is 0 Å². The number of nitrogens with one attached hydrogen (secondary N) is 2. The van der Waals surface area contributed by atoms with E-state index in [4.69, 9.17) is 12.2 Å². The average Bonchev–Trinajstić information content (AvgIpc) is 2.68. The molecule has 5 nitrogen and oxygen atoms in total. The normalized spacial score (nSPS) is 13.7. The van der Waals surface area contributed by atoms with Crippen LogP contribution in [0.25, 0.3) is 0 Å². The molecule has 0 radical (unpaired) electrons. The fraction of sp³-hybridized carbons (Fsp3) is 0.286. The lowest BCUT2D eigenvalue weighted by Crippen LogP contribution is -2.36. The van der Waals surface area contributed by atoms with Crippen LogP contribution in [0.5, 0.6) is 0 Å². The highest BCUT2D eigenvalue weighted by atomic mass is 32.1. The minimum atomic E-state index is -0.267. The lowest BCUT2D eigenvalue weighted by molar-refractivity contribution is 0.0724. The quantitative estimate of drug-likeness (QED) is 0.795. The number of carbonyl (C=O) groups excluding carboxylic acids is 2. The van der Waals surface area contributed by atoms with Crippen molar-refractivity contribution in [2.75, 3.05) is 18.4 Å². The largest absolute Gasteiger partial charge is 0.339 e. The van der Waals surface area contributed by atoms with Gasteiger partial charge in [-0.25, -0.2) is 0 Å². The molecule has 1 aliphatic heterocycles. The number of aryl methyl sites for hydroxylation is 1. The van der Waals surface area contributed by atoms with Gasteiger partial charge in [-0.1, -0.05) is 23.8 Å². The Kier molecular flexibility index (Phi) is 6.19. The zero-order valence-electron chi connectivity index (χ0n) is 15.3. The predicted octanol–water partition coefficient (Wildman–Crippen LogP) is 3.75. The molecule has 0 unspecified atom stereocenters. The van der Waals surface area contributed by atoms with Crippen LogP contribution in [0.3, 0.4) is 0 Å². The van der Waals surface area contributed by atoms with Crippen LogP contribution in [0.1, 0.15) is 45.5 Å². The first-order valence-corrected chi connectivity index (χ1v) is 9.52. The van der Waals surface area contributed by atoms with Crippen LogP contribution < -0.4 is 10.6 Å². The van der Waals surface area contributed by atoms with E-state index in [2.05, 4.69) is 10.6 Å². The second-order valence-electron chi connectivity index (χ2n) is 6.71. The number of thiocarbonyl (C=S) groups is 1. The molecular weight excluding hydrogens is 358 g/mol. The molecule has 2 aromatic rings. The molecular formula is C21H23N3O2S. The topological polar surface area (TPSA) is 61.4 Å². The van der Waals surface area contributed by atoms with Gasteiger partial charge in [0.15, 0.2) is 5.11 Å². The maximum absolute atomic E-state index is 12.6. The number of hydrogen-bond acceptors (Lipinski definition) is 3. The van der Waals surface area contributed by atoms with Crippen molar-refractivity contribution < 1.29 is 9.59 Å². The number of likely N-dealkylation sites (tertiary alicyclic amines) is 1. The number of nitrogens with zero attached hydrogens (tertiary/aromatic N) is 1. The zero-order chi connectivity index (χ0) is 19.2. The minimum absolute atomic E-state index is 0.0352. The molecule has 6 heteroatoms. The number of anilines is 1. The summed E-state index contributed by atoms with van der Waals surface area (Å²) in [5.74, 6) is -0.232. The standard InChI is InChI=1S/C21H23N3O2S/c1-15-7-5-8-16(13-15)19(25)23-21(27)22-18-10-6-9-17(14-18)20(26)24-11-3-2-4-12-24/h5-10,13-14H,2-4,11-12H2,1H3,(H2,22,23,25,27). The molecule has 140 valence electrons. The van der Waals surface area contributed by atoms with Gasteiger partial charge in [-0.05, 0) is 68.7 Å². The monoisotopic (exact) mass is 381 g/mol. The van der Waals surface area contributed by atoms with E-state index in [1.165, 1.54) is 6.42 Å².